The van der Waals surface area contributed by atoms with Gasteiger partial charge in [-0.05, 0) is 37.6 Å². The van der Waals surface area contributed by atoms with Crippen molar-refractivity contribution in [1.29, 1.82) is 0 Å². The highest BCUT2D eigenvalue weighted by Crippen LogP contribution is 2.24. The number of halogens is 2. The van der Waals surface area contributed by atoms with Gasteiger partial charge in [-0.1, -0.05) is 54.1 Å². The molecule has 6 heteroatoms. The maximum Gasteiger partial charge on any atom is 0.263 e. The third-order valence-electron chi connectivity index (χ3n) is 3.65. The summed E-state index contributed by atoms with van der Waals surface area (Å²) in [6, 6.07) is 17.0. The molecule has 0 aliphatic carbocycles. The molecular formula is C19H24Cl2N2O2. The minimum absolute atomic E-state index is 0. The lowest BCUT2D eigenvalue weighted by molar-refractivity contribution is -0.138. The fourth-order valence-corrected chi connectivity index (χ4v) is 2.57. The van der Waals surface area contributed by atoms with Crippen LogP contribution in [0, 0.1) is 0 Å². The molecule has 0 saturated carbocycles. The van der Waals surface area contributed by atoms with Crippen LogP contribution < -0.4 is 10.5 Å². The second-order valence-corrected chi connectivity index (χ2v) is 5.99. The predicted octanol–water partition coefficient (Wildman–Crippen LogP) is 3.91. The third kappa shape index (κ3) is 6.58. The second-order valence-electron chi connectivity index (χ2n) is 5.58. The summed E-state index contributed by atoms with van der Waals surface area (Å²) >= 11 is 6.10. The molecule has 2 aromatic rings. The van der Waals surface area contributed by atoms with E-state index in [4.69, 9.17) is 22.1 Å². The molecule has 2 aromatic carbocycles. The Balaban J connectivity index is 0.00000312. The molecule has 4 nitrogen and oxygen atoms in total. The standard InChI is InChI=1S/C19H23ClN2O2.ClH/c1-15(24-18-11-6-5-10-17(18)20)19(23)22(13-7-12-21)14-16-8-3-2-4-9-16;/h2-6,8-11,15H,7,12-14,21H2,1H3;1H. The zero-order chi connectivity index (χ0) is 17.4. The van der Waals surface area contributed by atoms with E-state index in [1.807, 2.05) is 42.5 Å². The summed E-state index contributed by atoms with van der Waals surface area (Å²) < 4.78 is 5.75. The van der Waals surface area contributed by atoms with Gasteiger partial charge in [0, 0.05) is 13.1 Å². The van der Waals surface area contributed by atoms with Crippen molar-refractivity contribution in [2.45, 2.75) is 26.0 Å². The van der Waals surface area contributed by atoms with Crippen LogP contribution in [0.25, 0.3) is 0 Å². The molecular weight excluding hydrogens is 359 g/mol. The number of carbonyl (C=O) groups is 1. The van der Waals surface area contributed by atoms with Gasteiger partial charge in [0.15, 0.2) is 6.10 Å². The second kappa shape index (κ2) is 11.0. The number of benzene rings is 2. The average Bonchev–Trinajstić information content (AvgIpc) is 2.60. The Labute approximate surface area is 160 Å². The van der Waals surface area contributed by atoms with Crippen LogP contribution in [0.5, 0.6) is 5.75 Å². The molecule has 2 N–H and O–H groups in total. The van der Waals surface area contributed by atoms with E-state index in [-0.39, 0.29) is 18.3 Å². The highest BCUT2D eigenvalue weighted by atomic mass is 35.5. The van der Waals surface area contributed by atoms with Crippen molar-refractivity contribution in [3.8, 4) is 5.75 Å². The van der Waals surface area contributed by atoms with Gasteiger partial charge in [-0.25, -0.2) is 0 Å². The number of nitrogens with zero attached hydrogens (tertiary/aromatic N) is 1. The van der Waals surface area contributed by atoms with Gasteiger partial charge in [0.2, 0.25) is 0 Å². The summed E-state index contributed by atoms with van der Waals surface area (Å²) in [5.74, 6) is 0.436. The van der Waals surface area contributed by atoms with Crippen LogP contribution in [-0.2, 0) is 11.3 Å². The molecule has 0 radical (unpaired) electrons. The van der Waals surface area contributed by atoms with Gasteiger partial charge in [0.25, 0.3) is 5.91 Å². The van der Waals surface area contributed by atoms with Crippen molar-refractivity contribution < 1.29 is 9.53 Å². The fourth-order valence-electron chi connectivity index (χ4n) is 2.39. The highest BCUT2D eigenvalue weighted by molar-refractivity contribution is 6.32. The molecule has 1 amide bonds. The Bertz CT molecular complexity index is 653. The van der Waals surface area contributed by atoms with E-state index in [2.05, 4.69) is 0 Å². The van der Waals surface area contributed by atoms with E-state index in [0.29, 0.717) is 30.4 Å². The molecule has 0 saturated heterocycles. The number of carbonyl (C=O) groups excluding carboxylic acids is 1. The van der Waals surface area contributed by atoms with Crippen LogP contribution >= 0.6 is 24.0 Å². The number of ether oxygens (including phenoxy) is 1. The fraction of sp³-hybridized carbons (Fsp3) is 0.316. The summed E-state index contributed by atoms with van der Waals surface area (Å²) in [6.07, 6.45) is 0.128. The van der Waals surface area contributed by atoms with E-state index < -0.39 is 6.10 Å². The van der Waals surface area contributed by atoms with Gasteiger partial charge in [-0.3, -0.25) is 4.79 Å². The molecule has 0 aromatic heterocycles. The first-order chi connectivity index (χ1) is 11.6. The van der Waals surface area contributed by atoms with Crippen LogP contribution in [0.3, 0.4) is 0 Å². The minimum Gasteiger partial charge on any atom is -0.479 e. The zero-order valence-corrected chi connectivity index (χ0v) is 15.8. The Hall–Kier alpha value is -1.75. The first-order valence-electron chi connectivity index (χ1n) is 8.05. The summed E-state index contributed by atoms with van der Waals surface area (Å²) in [5.41, 5.74) is 6.68. The summed E-state index contributed by atoms with van der Waals surface area (Å²) in [4.78, 5) is 14.6. The first-order valence-corrected chi connectivity index (χ1v) is 8.43. The summed E-state index contributed by atoms with van der Waals surface area (Å²) in [6.45, 7) is 3.42. The average molecular weight is 383 g/mol. The van der Waals surface area contributed by atoms with Crippen molar-refractivity contribution in [3.05, 3.63) is 65.2 Å². The molecule has 0 fully saturated rings. The van der Waals surface area contributed by atoms with Crippen molar-refractivity contribution >= 4 is 29.9 Å². The zero-order valence-electron chi connectivity index (χ0n) is 14.2. The Morgan fingerprint density at radius 3 is 2.44 bits per heavy atom. The Morgan fingerprint density at radius 1 is 1.16 bits per heavy atom. The number of nitrogens with two attached hydrogens (primary N) is 1. The number of hydrogen-bond donors (Lipinski definition) is 1. The maximum absolute atomic E-state index is 12.8. The highest BCUT2D eigenvalue weighted by Gasteiger charge is 2.22. The van der Waals surface area contributed by atoms with E-state index in [1.165, 1.54) is 0 Å². The van der Waals surface area contributed by atoms with E-state index in [9.17, 15) is 4.79 Å². The topological polar surface area (TPSA) is 55.6 Å². The SMILES string of the molecule is CC(Oc1ccccc1Cl)C(=O)N(CCCN)Cc1ccccc1.Cl. The number of rotatable bonds is 8. The third-order valence-corrected chi connectivity index (χ3v) is 3.96. The van der Waals surface area contributed by atoms with Crippen molar-refractivity contribution in [2.24, 2.45) is 5.73 Å². The van der Waals surface area contributed by atoms with Crippen molar-refractivity contribution in [1.82, 2.24) is 4.90 Å². The normalized spacial score (nSPS) is 11.3. The van der Waals surface area contributed by atoms with E-state index in [1.54, 1.807) is 24.0 Å². The summed E-state index contributed by atoms with van der Waals surface area (Å²) in [5, 5.41) is 0.494. The quantitative estimate of drug-likeness (QED) is 0.752. The van der Waals surface area contributed by atoms with Gasteiger partial charge < -0.3 is 15.4 Å². The van der Waals surface area contributed by atoms with Crippen molar-refractivity contribution in [3.63, 3.8) is 0 Å². The number of amides is 1. The molecule has 0 aliphatic heterocycles. The molecule has 1 atom stereocenters. The summed E-state index contributed by atoms with van der Waals surface area (Å²) in [7, 11) is 0. The molecule has 0 aliphatic rings. The number of hydrogen-bond acceptors (Lipinski definition) is 3. The van der Waals surface area contributed by atoms with Crippen molar-refractivity contribution in [2.75, 3.05) is 13.1 Å². The predicted molar refractivity (Wildman–Crippen MR) is 104 cm³/mol. The lowest BCUT2D eigenvalue weighted by atomic mass is 10.2. The maximum atomic E-state index is 12.8. The Morgan fingerprint density at radius 2 is 1.80 bits per heavy atom. The lowest BCUT2D eigenvalue weighted by Crippen LogP contribution is -2.41. The molecule has 0 heterocycles. The molecule has 25 heavy (non-hydrogen) atoms. The molecule has 2 rings (SSSR count). The molecule has 0 bridgehead atoms. The first kappa shape index (κ1) is 21.3. The minimum atomic E-state index is -0.619. The van der Waals surface area contributed by atoms with Gasteiger partial charge in [0.1, 0.15) is 5.75 Å². The molecule has 0 spiro atoms. The van der Waals surface area contributed by atoms with Crippen LogP contribution in [0.2, 0.25) is 5.02 Å². The molecule has 136 valence electrons. The Kier molecular flexibility index (Phi) is 9.35. The van der Waals surface area contributed by atoms with Crippen LogP contribution in [-0.4, -0.2) is 30.0 Å². The lowest BCUT2D eigenvalue weighted by Gasteiger charge is -2.26. The molecule has 1 unspecified atom stereocenters. The van der Waals surface area contributed by atoms with E-state index in [0.717, 1.165) is 12.0 Å². The van der Waals surface area contributed by atoms with Crippen LogP contribution in [0.4, 0.5) is 0 Å². The largest absolute Gasteiger partial charge is 0.479 e. The van der Waals surface area contributed by atoms with E-state index >= 15 is 0 Å². The monoisotopic (exact) mass is 382 g/mol. The van der Waals surface area contributed by atoms with Gasteiger partial charge >= 0.3 is 0 Å². The number of para-hydroxylation sites is 1. The van der Waals surface area contributed by atoms with Gasteiger partial charge in [-0.2, -0.15) is 0 Å². The van der Waals surface area contributed by atoms with Crippen LogP contribution in [0.1, 0.15) is 18.9 Å². The van der Waals surface area contributed by atoms with Crippen LogP contribution in [0.15, 0.2) is 54.6 Å². The van der Waals surface area contributed by atoms with Gasteiger partial charge in [-0.15, -0.1) is 12.4 Å². The smallest absolute Gasteiger partial charge is 0.263 e. The van der Waals surface area contributed by atoms with Gasteiger partial charge in [0.05, 0.1) is 5.02 Å².